The van der Waals surface area contributed by atoms with E-state index in [0.717, 1.165) is 87.7 Å². The molecule has 10 rings (SSSR count). The van der Waals surface area contributed by atoms with Gasteiger partial charge in [-0.25, -0.2) is 16.8 Å². The van der Waals surface area contributed by atoms with Crippen LogP contribution in [-0.4, -0.2) is 111 Å². The molecule has 4 heterocycles. The molecule has 0 amide bonds. The van der Waals surface area contributed by atoms with E-state index < -0.39 is 19.7 Å². The van der Waals surface area contributed by atoms with Gasteiger partial charge in [0.2, 0.25) is 19.7 Å². The van der Waals surface area contributed by atoms with Crippen LogP contribution in [0.4, 0.5) is 11.4 Å². The number of hydrogen-bond acceptors (Lipinski definition) is 13. The second kappa shape index (κ2) is 33.1. The maximum atomic E-state index is 13.4. The molecule has 0 aliphatic carbocycles. The number of aryl methyl sites for hydroxylation is 1. The van der Waals surface area contributed by atoms with Crippen LogP contribution < -0.4 is 118 Å². The number of alkyl halides is 1. The second-order valence-electron chi connectivity index (χ2n) is 16.7. The van der Waals surface area contributed by atoms with Crippen LogP contribution in [0, 0.1) is 0 Å². The molecule has 15 nitrogen and oxygen atoms in total. The SMILES string of the molecule is CCBr.CCn1nc(S(=O)(=O)c2ccccc2)c2cc(N3CCN(Cc4ccccc4)CC3)ccc21.Cl.Cl.O=CO[O-].O=S(=O)(c1ccccc1)c1[nH]nc2ccc(N3CCN(Cc4ccccc4)CC3)cc12.[H-].[K+].[K+]. The zero-order valence-corrected chi connectivity index (χ0v) is 53.7. The van der Waals surface area contributed by atoms with Crippen LogP contribution in [-0.2, 0) is 49.0 Å². The number of benzene rings is 6. The average Bonchev–Trinajstić information content (AvgIpc) is 4.03. The number of nitrogens with one attached hydrogen (secondary N) is 1. The minimum atomic E-state index is -3.70. The fraction of sp³-hybridized carbons (Fsp3) is 0.264. The fourth-order valence-electron chi connectivity index (χ4n) is 8.59. The molecule has 2 aromatic heterocycles. The van der Waals surface area contributed by atoms with Gasteiger partial charge in [0.15, 0.2) is 10.1 Å². The molecule has 0 radical (unpaired) electrons. The number of fused-ring (bicyclic) bond motifs is 2. The summed E-state index contributed by atoms with van der Waals surface area (Å²) < 4.78 is 54.8. The maximum absolute atomic E-state index is 13.4. The van der Waals surface area contributed by atoms with E-state index >= 15 is 0 Å². The van der Waals surface area contributed by atoms with Crippen molar-refractivity contribution in [1.82, 2.24) is 29.8 Å². The first-order chi connectivity index (χ1) is 34.5. The number of piperazine rings is 2. The molecule has 8 aromatic rings. The first-order valence-corrected chi connectivity index (χ1v) is 27.5. The second-order valence-corrected chi connectivity index (χ2v) is 21.5. The van der Waals surface area contributed by atoms with Gasteiger partial charge in [0.1, 0.15) is 0 Å². The predicted octanol–water partition coefficient (Wildman–Crippen LogP) is 2.73. The number of carbonyl (C=O) groups excluding carboxylic acids is 1. The summed E-state index contributed by atoms with van der Waals surface area (Å²) in [7, 11) is -7.36. The van der Waals surface area contributed by atoms with Crippen molar-refractivity contribution in [3.05, 3.63) is 169 Å². The van der Waals surface area contributed by atoms with Gasteiger partial charge in [-0.05, 0) is 78.7 Å². The Hall–Kier alpha value is -2.56. The molecule has 2 aliphatic rings. The Morgan fingerprint density at radius 1 is 0.613 bits per heavy atom. The van der Waals surface area contributed by atoms with Gasteiger partial charge in [-0.3, -0.25) is 24.4 Å². The van der Waals surface area contributed by atoms with Crippen molar-refractivity contribution in [2.24, 2.45) is 0 Å². The van der Waals surface area contributed by atoms with Gasteiger partial charge in [0.25, 0.3) is 6.47 Å². The molecule has 2 aliphatic heterocycles. The summed E-state index contributed by atoms with van der Waals surface area (Å²) in [5.41, 5.74) is 6.22. The Kier molecular flexibility index (Phi) is 29.5. The topological polar surface area (TPSA) is 177 Å². The van der Waals surface area contributed by atoms with E-state index in [1.165, 1.54) is 11.1 Å². The zero-order valence-electron chi connectivity index (χ0n) is 43.6. The first kappa shape index (κ1) is 66.7. The van der Waals surface area contributed by atoms with Crippen LogP contribution in [0.15, 0.2) is 178 Å². The van der Waals surface area contributed by atoms with Crippen molar-refractivity contribution in [3.8, 4) is 0 Å². The van der Waals surface area contributed by atoms with E-state index in [4.69, 9.17) is 10.1 Å². The van der Waals surface area contributed by atoms with Gasteiger partial charge in [-0.15, -0.1) is 24.8 Å². The van der Waals surface area contributed by atoms with Crippen molar-refractivity contribution >= 4 is 100 Å². The summed E-state index contributed by atoms with van der Waals surface area (Å²) in [6, 6.07) is 50.0. The van der Waals surface area contributed by atoms with Crippen LogP contribution in [0.1, 0.15) is 26.4 Å². The predicted molar refractivity (Wildman–Crippen MR) is 295 cm³/mol. The minimum absolute atomic E-state index is 0. The van der Waals surface area contributed by atoms with E-state index in [1.54, 1.807) is 59.3 Å². The summed E-state index contributed by atoms with van der Waals surface area (Å²) in [5, 5.41) is 22.6. The van der Waals surface area contributed by atoms with Gasteiger partial charge in [-0.2, -0.15) is 10.2 Å². The third kappa shape index (κ3) is 17.7. The molecular formula is C53H61BrCl2K2N8O7S2. The van der Waals surface area contributed by atoms with Crippen LogP contribution in [0.5, 0.6) is 0 Å². The monoisotopic (exact) mass is 1210 g/mol. The molecule has 2 fully saturated rings. The molecule has 75 heavy (non-hydrogen) atoms. The van der Waals surface area contributed by atoms with Crippen LogP contribution in [0.25, 0.3) is 21.8 Å². The summed E-state index contributed by atoms with van der Waals surface area (Å²) in [6.45, 7) is 13.8. The summed E-state index contributed by atoms with van der Waals surface area (Å²) in [4.78, 5) is 21.3. The number of H-pyrrole nitrogens is 1. The van der Waals surface area contributed by atoms with Crippen molar-refractivity contribution in [2.45, 2.75) is 53.3 Å². The standard InChI is InChI=1S/C26H28N4O2S.C24H24N4O2S.C2H5Br.CH2O3.2ClH.2K.H/c1-2-30-25-14-13-22(29-17-15-28(16-18-29)20-21-9-5-3-6-10-21)19-24(25)26(27-30)33(31,32)23-11-7-4-8-12-23;29-31(30,21-9-5-2-6-10-21)24-22-17-20(11-12-23(22)25-26-24)28-15-13-27(14-16-28)18-19-7-3-1-4-8-19;1-2-3;2-1-4-3;;;;;/h3-14,19H,2,15-18,20H2,1H3;1-12,17H,13-16,18H2,(H,25,26);2H2,1H3;1,3H;2*1H;;;/q;;;;;;2*+1;-1/p-1. The molecular weight excluding hydrogens is 1150 g/mol. The van der Waals surface area contributed by atoms with E-state index in [2.05, 4.69) is 110 Å². The summed E-state index contributed by atoms with van der Waals surface area (Å²) in [5.74, 6) is 0. The summed E-state index contributed by atoms with van der Waals surface area (Å²) >= 11 is 3.15. The molecule has 0 bridgehead atoms. The van der Waals surface area contributed by atoms with Crippen molar-refractivity contribution in [1.29, 1.82) is 0 Å². The molecule has 1 N–H and O–H groups in total. The van der Waals surface area contributed by atoms with E-state index in [-0.39, 0.29) is 155 Å². The third-order valence-electron chi connectivity index (χ3n) is 12.1. The van der Waals surface area contributed by atoms with Gasteiger partial charge < -0.3 is 21.4 Å². The summed E-state index contributed by atoms with van der Waals surface area (Å²) in [6.07, 6.45) is 0. The number of nitrogens with zero attached hydrogens (tertiary/aromatic N) is 7. The average molecular weight is 1220 g/mol. The molecule has 0 unspecified atom stereocenters. The Morgan fingerprint density at radius 2 is 1.01 bits per heavy atom. The molecule has 0 saturated carbocycles. The third-order valence-corrected chi connectivity index (χ3v) is 15.6. The zero-order chi connectivity index (χ0) is 50.2. The van der Waals surface area contributed by atoms with Gasteiger partial charge in [-0.1, -0.05) is 120 Å². The molecule has 0 atom stereocenters. The van der Waals surface area contributed by atoms with Crippen LogP contribution in [0.2, 0.25) is 0 Å². The molecule has 2 saturated heterocycles. The number of aromatic amines is 1. The Bertz CT molecular complexity index is 3180. The fourth-order valence-corrected chi connectivity index (χ4v) is 11.4. The number of aromatic nitrogens is 4. The first-order valence-electron chi connectivity index (χ1n) is 23.4. The number of sulfone groups is 2. The van der Waals surface area contributed by atoms with Gasteiger partial charge in [0, 0.05) is 99.5 Å². The Balaban J connectivity index is 0.000000438. The Labute approximate surface area is 547 Å². The molecule has 390 valence electrons. The number of carbonyl (C=O) groups is 1. The van der Waals surface area contributed by atoms with Crippen LogP contribution >= 0.6 is 40.7 Å². The number of halogens is 3. The quantitative estimate of drug-likeness (QED) is 0.0622. The maximum Gasteiger partial charge on any atom is 1.00 e. The largest absolute Gasteiger partial charge is 1.00 e. The van der Waals surface area contributed by atoms with E-state index in [0.29, 0.717) is 22.8 Å². The van der Waals surface area contributed by atoms with Crippen molar-refractivity contribution in [2.75, 3.05) is 67.5 Å². The smallest absolute Gasteiger partial charge is 1.00 e. The number of anilines is 2. The van der Waals surface area contributed by atoms with Crippen molar-refractivity contribution in [3.63, 3.8) is 0 Å². The Morgan fingerprint density at radius 3 is 1.44 bits per heavy atom. The minimum Gasteiger partial charge on any atom is -1.00 e. The number of hydrogen-bond donors (Lipinski definition) is 1. The van der Waals surface area contributed by atoms with E-state index in [1.807, 2.05) is 62.4 Å². The van der Waals surface area contributed by atoms with Gasteiger partial charge in [0.05, 0.1) is 20.8 Å². The molecule has 22 heteroatoms. The normalized spacial score (nSPS) is 13.6. The number of rotatable bonds is 12. The molecule has 6 aromatic carbocycles. The van der Waals surface area contributed by atoms with E-state index in [9.17, 15) is 16.8 Å². The van der Waals surface area contributed by atoms with Crippen LogP contribution in [0.3, 0.4) is 0 Å². The van der Waals surface area contributed by atoms with Gasteiger partial charge >= 0.3 is 103 Å². The molecule has 0 spiro atoms. The van der Waals surface area contributed by atoms with Crippen molar-refractivity contribution < 1.29 is 136 Å².